The van der Waals surface area contributed by atoms with Crippen LogP contribution >= 0.6 is 11.6 Å². The van der Waals surface area contributed by atoms with Gasteiger partial charge in [-0.25, -0.2) is 0 Å². The number of nitrogens with zero attached hydrogens (tertiary/aromatic N) is 3. The summed E-state index contributed by atoms with van der Waals surface area (Å²) in [6.07, 6.45) is 3.30. The predicted molar refractivity (Wildman–Crippen MR) is 84.5 cm³/mol. The molecule has 6 heteroatoms. The van der Waals surface area contributed by atoms with Gasteiger partial charge in [0.05, 0.1) is 13.2 Å². The largest absolute Gasteiger partial charge is 0.395 e. The molecule has 2 unspecified atom stereocenters. The van der Waals surface area contributed by atoms with Crippen LogP contribution in [0.1, 0.15) is 32.1 Å². The summed E-state index contributed by atoms with van der Waals surface area (Å²) < 4.78 is 5.38. The Morgan fingerprint density at radius 3 is 2.82 bits per heavy atom. The lowest BCUT2D eigenvalue weighted by Gasteiger charge is -2.38. The van der Waals surface area contributed by atoms with Crippen molar-refractivity contribution in [3.8, 4) is 11.4 Å². The van der Waals surface area contributed by atoms with E-state index in [-0.39, 0.29) is 12.6 Å². The van der Waals surface area contributed by atoms with Crippen molar-refractivity contribution >= 4 is 11.6 Å². The van der Waals surface area contributed by atoms with Crippen LogP contribution in [0.2, 0.25) is 5.02 Å². The summed E-state index contributed by atoms with van der Waals surface area (Å²) in [6.45, 7) is 2.92. The highest BCUT2D eigenvalue weighted by Crippen LogP contribution is 2.25. The summed E-state index contributed by atoms with van der Waals surface area (Å²) in [6, 6.07) is 7.95. The van der Waals surface area contributed by atoms with Gasteiger partial charge in [-0.2, -0.15) is 4.98 Å². The van der Waals surface area contributed by atoms with Gasteiger partial charge in [-0.05, 0) is 44.0 Å². The van der Waals surface area contributed by atoms with Crippen molar-refractivity contribution in [3.05, 3.63) is 35.2 Å². The molecule has 1 aromatic carbocycles. The Hall–Kier alpha value is -1.43. The van der Waals surface area contributed by atoms with Crippen molar-refractivity contribution in [2.24, 2.45) is 0 Å². The Morgan fingerprint density at radius 1 is 1.32 bits per heavy atom. The average Bonchev–Trinajstić information content (AvgIpc) is 2.98. The summed E-state index contributed by atoms with van der Waals surface area (Å²) in [7, 11) is 0. The third kappa shape index (κ3) is 3.32. The molecule has 1 aliphatic heterocycles. The van der Waals surface area contributed by atoms with E-state index in [0.717, 1.165) is 24.8 Å². The fraction of sp³-hybridized carbons (Fsp3) is 0.500. The van der Waals surface area contributed by atoms with Crippen LogP contribution in [0.25, 0.3) is 11.4 Å². The van der Waals surface area contributed by atoms with Crippen molar-refractivity contribution in [2.45, 2.75) is 44.8 Å². The summed E-state index contributed by atoms with van der Waals surface area (Å²) in [5.41, 5.74) is 0.879. The van der Waals surface area contributed by atoms with Crippen LogP contribution in [0.5, 0.6) is 0 Å². The second-order valence-corrected chi connectivity index (χ2v) is 6.24. The molecule has 5 nitrogen and oxygen atoms in total. The fourth-order valence-electron chi connectivity index (χ4n) is 3.01. The molecule has 1 N–H and O–H groups in total. The second kappa shape index (κ2) is 6.77. The van der Waals surface area contributed by atoms with Crippen LogP contribution < -0.4 is 0 Å². The molecule has 22 heavy (non-hydrogen) atoms. The maximum atomic E-state index is 9.55. The first-order valence-electron chi connectivity index (χ1n) is 7.62. The van der Waals surface area contributed by atoms with Crippen molar-refractivity contribution in [3.63, 3.8) is 0 Å². The van der Waals surface area contributed by atoms with E-state index in [1.54, 1.807) is 12.1 Å². The van der Waals surface area contributed by atoms with Crippen LogP contribution in [0.4, 0.5) is 0 Å². The summed E-state index contributed by atoms with van der Waals surface area (Å²) in [5.74, 6) is 1.15. The molecule has 0 radical (unpaired) electrons. The van der Waals surface area contributed by atoms with E-state index in [2.05, 4.69) is 22.0 Å². The summed E-state index contributed by atoms with van der Waals surface area (Å²) in [4.78, 5) is 6.72. The van der Waals surface area contributed by atoms with E-state index in [1.807, 2.05) is 12.1 Å². The highest BCUT2D eigenvalue weighted by molar-refractivity contribution is 6.30. The molecule has 118 valence electrons. The normalized spacial score (nSPS) is 22.9. The van der Waals surface area contributed by atoms with Crippen LogP contribution in [0, 0.1) is 0 Å². The van der Waals surface area contributed by atoms with Gasteiger partial charge in [0.1, 0.15) is 0 Å². The molecule has 0 amide bonds. The van der Waals surface area contributed by atoms with Gasteiger partial charge in [0.15, 0.2) is 0 Å². The van der Waals surface area contributed by atoms with E-state index < -0.39 is 0 Å². The Morgan fingerprint density at radius 2 is 2.09 bits per heavy atom. The van der Waals surface area contributed by atoms with Gasteiger partial charge in [-0.1, -0.05) is 23.2 Å². The lowest BCUT2D eigenvalue weighted by molar-refractivity contribution is 0.0370. The Bertz CT molecular complexity index is 614. The number of hydrogen-bond donors (Lipinski definition) is 1. The fourth-order valence-corrected chi connectivity index (χ4v) is 3.14. The number of rotatable bonds is 4. The maximum Gasteiger partial charge on any atom is 0.241 e. The van der Waals surface area contributed by atoms with Crippen molar-refractivity contribution in [2.75, 3.05) is 6.61 Å². The van der Waals surface area contributed by atoms with E-state index in [0.29, 0.717) is 29.3 Å². The Labute approximate surface area is 134 Å². The molecule has 1 fully saturated rings. The molecule has 0 spiro atoms. The quantitative estimate of drug-likeness (QED) is 0.937. The molecule has 2 heterocycles. The third-order valence-electron chi connectivity index (χ3n) is 4.29. The monoisotopic (exact) mass is 321 g/mol. The lowest BCUT2D eigenvalue weighted by atomic mass is 9.97. The van der Waals surface area contributed by atoms with Crippen LogP contribution in [-0.4, -0.2) is 38.8 Å². The van der Waals surface area contributed by atoms with E-state index >= 15 is 0 Å². The molecule has 3 rings (SSSR count). The standard InChI is InChI=1S/C16H20ClN3O2/c1-11-3-2-4-14(10-21)20(11)9-15-18-16(19-22-15)12-5-7-13(17)8-6-12/h5-8,11,14,21H,2-4,9-10H2,1H3. The second-order valence-electron chi connectivity index (χ2n) is 5.81. The highest BCUT2D eigenvalue weighted by Gasteiger charge is 2.28. The number of halogens is 1. The minimum absolute atomic E-state index is 0.169. The zero-order valence-electron chi connectivity index (χ0n) is 12.6. The summed E-state index contributed by atoms with van der Waals surface area (Å²) >= 11 is 5.89. The Balaban J connectivity index is 1.74. The molecule has 1 aromatic heterocycles. The van der Waals surface area contributed by atoms with Crippen LogP contribution in [0.15, 0.2) is 28.8 Å². The molecule has 1 saturated heterocycles. The first-order valence-corrected chi connectivity index (χ1v) is 8.00. The van der Waals surface area contributed by atoms with Gasteiger partial charge >= 0.3 is 0 Å². The number of likely N-dealkylation sites (tertiary alicyclic amines) is 1. The lowest BCUT2D eigenvalue weighted by Crippen LogP contribution is -2.46. The van der Waals surface area contributed by atoms with Crippen LogP contribution in [0.3, 0.4) is 0 Å². The van der Waals surface area contributed by atoms with Crippen molar-refractivity contribution in [1.29, 1.82) is 0 Å². The third-order valence-corrected chi connectivity index (χ3v) is 4.55. The molecular weight excluding hydrogens is 302 g/mol. The zero-order chi connectivity index (χ0) is 15.5. The molecule has 1 aliphatic rings. The van der Waals surface area contributed by atoms with Gasteiger partial charge in [0, 0.05) is 22.7 Å². The zero-order valence-corrected chi connectivity index (χ0v) is 13.3. The van der Waals surface area contributed by atoms with Gasteiger partial charge in [0.25, 0.3) is 0 Å². The molecule has 0 saturated carbocycles. The number of aliphatic hydroxyl groups is 1. The van der Waals surface area contributed by atoms with E-state index in [1.165, 1.54) is 0 Å². The molecule has 2 aromatic rings. The minimum atomic E-state index is 0.169. The smallest absolute Gasteiger partial charge is 0.241 e. The van der Waals surface area contributed by atoms with E-state index in [4.69, 9.17) is 16.1 Å². The van der Waals surface area contributed by atoms with Crippen molar-refractivity contribution in [1.82, 2.24) is 15.0 Å². The van der Waals surface area contributed by atoms with Gasteiger partial charge in [0.2, 0.25) is 11.7 Å². The van der Waals surface area contributed by atoms with Gasteiger partial charge < -0.3 is 9.63 Å². The Kier molecular flexibility index (Phi) is 4.76. The molecule has 0 aliphatic carbocycles. The van der Waals surface area contributed by atoms with Crippen LogP contribution in [-0.2, 0) is 6.54 Å². The van der Waals surface area contributed by atoms with Gasteiger partial charge in [-0.3, -0.25) is 4.90 Å². The number of hydrogen-bond acceptors (Lipinski definition) is 5. The SMILES string of the molecule is CC1CCCC(CO)N1Cc1nc(-c2ccc(Cl)cc2)no1. The van der Waals surface area contributed by atoms with E-state index in [9.17, 15) is 5.11 Å². The number of piperidine rings is 1. The first-order chi connectivity index (χ1) is 10.7. The molecule has 0 bridgehead atoms. The number of aromatic nitrogens is 2. The number of aliphatic hydroxyl groups excluding tert-OH is 1. The summed E-state index contributed by atoms with van der Waals surface area (Å²) in [5, 5.41) is 14.3. The maximum absolute atomic E-state index is 9.55. The predicted octanol–water partition coefficient (Wildman–Crippen LogP) is 3.13. The molecule has 2 atom stereocenters. The first kappa shape index (κ1) is 15.5. The highest BCUT2D eigenvalue weighted by atomic mass is 35.5. The average molecular weight is 322 g/mol. The molecular formula is C16H20ClN3O2. The van der Waals surface area contributed by atoms with Crippen molar-refractivity contribution < 1.29 is 9.63 Å². The topological polar surface area (TPSA) is 62.4 Å². The van der Waals surface area contributed by atoms with Gasteiger partial charge in [-0.15, -0.1) is 0 Å². The minimum Gasteiger partial charge on any atom is -0.395 e. The number of benzene rings is 1.